The number of carbonyl (C=O) groups excluding carboxylic acids is 6. The van der Waals surface area contributed by atoms with Gasteiger partial charge < -0.3 is 35.2 Å². The normalized spacial score (nSPS) is 29.1. The monoisotopic (exact) mass is 643 g/mol. The zero-order valence-corrected chi connectivity index (χ0v) is 27.8. The second kappa shape index (κ2) is 17.0. The smallest absolute Gasteiger partial charge is 0.308 e. The van der Waals surface area contributed by atoms with Gasteiger partial charge in [0.15, 0.2) is 6.10 Å². The molecule has 0 aromatic rings. The van der Waals surface area contributed by atoms with Gasteiger partial charge in [-0.15, -0.1) is 11.6 Å². The van der Waals surface area contributed by atoms with Gasteiger partial charge in [-0.25, -0.2) is 0 Å². The Morgan fingerprint density at radius 1 is 0.955 bits per heavy atom. The molecule has 2 heterocycles. The van der Waals surface area contributed by atoms with E-state index in [0.717, 1.165) is 0 Å². The summed E-state index contributed by atoms with van der Waals surface area (Å²) in [4.78, 5) is 84.8. The molecule has 0 spiro atoms. The van der Waals surface area contributed by atoms with Gasteiger partial charge in [0.2, 0.25) is 23.6 Å². The van der Waals surface area contributed by atoms with E-state index >= 15 is 0 Å². The minimum Gasteiger partial charge on any atom is -0.452 e. The lowest BCUT2D eigenvalue weighted by atomic mass is 9.92. The third-order valence-corrected chi connectivity index (χ3v) is 9.32. The average Bonchev–Trinajstić information content (AvgIpc) is 3.50. The van der Waals surface area contributed by atoms with Crippen molar-refractivity contribution in [2.45, 2.75) is 110 Å². The number of likely N-dealkylation sites (N-methyl/N-ethyl adjacent to an activating group) is 2. The highest BCUT2D eigenvalue weighted by atomic mass is 35.5. The van der Waals surface area contributed by atoms with Gasteiger partial charge >= 0.3 is 5.97 Å². The first-order chi connectivity index (χ1) is 20.7. The Balaban J connectivity index is 2.56. The van der Waals surface area contributed by atoms with Crippen molar-refractivity contribution in [3.05, 3.63) is 0 Å². The van der Waals surface area contributed by atoms with E-state index in [1.54, 1.807) is 6.92 Å². The second-order valence-corrected chi connectivity index (χ2v) is 12.3. The highest BCUT2D eigenvalue weighted by Gasteiger charge is 2.43. The molecule has 2 saturated heterocycles. The van der Waals surface area contributed by atoms with Gasteiger partial charge in [-0.3, -0.25) is 28.8 Å². The van der Waals surface area contributed by atoms with Crippen LogP contribution >= 0.6 is 11.6 Å². The third-order valence-electron chi connectivity index (χ3n) is 8.97. The van der Waals surface area contributed by atoms with Crippen LogP contribution in [0.5, 0.6) is 0 Å². The minimum atomic E-state index is -1.40. The van der Waals surface area contributed by atoms with Crippen molar-refractivity contribution in [2.24, 2.45) is 11.8 Å². The number of rotatable bonds is 7. The number of amides is 5. The van der Waals surface area contributed by atoms with Gasteiger partial charge in [-0.2, -0.15) is 0 Å². The summed E-state index contributed by atoms with van der Waals surface area (Å²) in [5.74, 6) is -4.15. The van der Waals surface area contributed by atoms with Gasteiger partial charge in [-0.05, 0) is 31.6 Å². The standard InChI is InChI=1S/C30H50ClN5O8/c1-8-17(3)24-29(42)35(7)25(18(4)9-2)30(43)34(6)19(5)26(39)32-13-12-23(38)44-22(15-20(37)16-31)28(41)36-14-10-11-21(36)27(40)33-24/h17-22,24-25,37H,8-16H2,1-7H3,(H,32,39)(H,33,40)/t17-,18-,19-,20?,21-,22?,24-,25-/m0/s1. The van der Waals surface area contributed by atoms with Crippen molar-refractivity contribution in [1.82, 2.24) is 25.3 Å². The zero-order chi connectivity index (χ0) is 33.3. The van der Waals surface area contributed by atoms with E-state index in [-0.39, 0.29) is 43.6 Å². The summed E-state index contributed by atoms with van der Waals surface area (Å²) in [6, 6.07) is -3.76. The molecule has 250 valence electrons. The lowest BCUT2D eigenvalue weighted by Gasteiger charge is -2.38. The van der Waals surface area contributed by atoms with Crippen molar-refractivity contribution in [3.63, 3.8) is 0 Å². The molecule has 0 aliphatic carbocycles. The number of hydrogen-bond donors (Lipinski definition) is 3. The van der Waals surface area contributed by atoms with Crippen LogP contribution in [-0.4, -0.2) is 125 Å². The zero-order valence-electron chi connectivity index (χ0n) is 27.0. The summed E-state index contributed by atoms with van der Waals surface area (Å²) in [5.41, 5.74) is 0. The van der Waals surface area contributed by atoms with Crippen molar-refractivity contribution >= 4 is 47.1 Å². The van der Waals surface area contributed by atoms with Crippen LogP contribution in [0.2, 0.25) is 0 Å². The van der Waals surface area contributed by atoms with Crippen LogP contribution in [0.15, 0.2) is 0 Å². The van der Waals surface area contributed by atoms with Crippen LogP contribution in [-0.2, 0) is 33.5 Å². The molecule has 3 N–H and O–H groups in total. The Bertz CT molecular complexity index is 1060. The lowest BCUT2D eigenvalue weighted by Crippen LogP contribution is -2.61. The number of nitrogens with zero attached hydrogens (tertiary/aromatic N) is 3. The Morgan fingerprint density at radius 3 is 2.18 bits per heavy atom. The quantitative estimate of drug-likeness (QED) is 0.269. The molecule has 2 aliphatic heterocycles. The summed E-state index contributed by atoms with van der Waals surface area (Å²) in [6.07, 6.45) is -1.14. The summed E-state index contributed by atoms with van der Waals surface area (Å²) < 4.78 is 5.45. The average molecular weight is 644 g/mol. The van der Waals surface area contributed by atoms with E-state index in [4.69, 9.17) is 16.3 Å². The molecule has 5 amide bonds. The van der Waals surface area contributed by atoms with Gasteiger partial charge in [0, 0.05) is 39.5 Å². The molecule has 0 bridgehead atoms. The molecular weight excluding hydrogens is 594 g/mol. The van der Waals surface area contributed by atoms with Crippen molar-refractivity contribution in [3.8, 4) is 0 Å². The highest BCUT2D eigenvalue weighted by molar-refractivity contribution is 6.18. The summed E-state index contributed by atoms with van der Waals surface area (Å²) in [6.45, 7) is 9.10. The number of fused-ring (bicyclic) bond motifs is 1. The molecular formula is C30H50ClN5O8. The molecule has 2 aliphatic rings. The Labute approximate surface area is 265 Å². The fourth-order valence-corrected chi connectivity index (χ4v) is 5.65. The van der Waals surface area contributed by atoms with Crippen LogP contribution in [0.1, 0.15) is 73.1 Å². The van der Waals surface area contributed by atoms with Crippen molar-refractivity contribution in [1.29, 1.82) is 0 Å². The molecule has 0 saturated carbocycles. The first-order valence-corrected chi connectivity index (χ1v) is 16.1. The molecule has 14 heteroatoms. The van der Waals surface area contributed by atoms with E-state index < -0.39 is 71.9 Å². The minimum absolute atomic E-state index is 0.123. The number of ether oxygens (including phenoxy) is 1. The molecule has 13 nitrogen and oxygen atoms in total. The van der Waals surface area contributed by atoms with E-state index in [1.165, 1.54) is 28.8 Å². The Morgan fingerprint density at radius 2 is 1.59 bits per heavy atom. The van der Waals surface area contributed by atoms with Crippen LogP contribution < -0.4 is 10.6 Å². The maximum Gasteiger partial charge on any atom is 0.308 e. The summed E-state index contributed by atoms with van der Waals surface area (Å²) in [7, 11) is 3.01. The fraction of sp³-hybridized carbons (Fsp3) is 0.800. The van der Waals surface area contributed by atoms with Gasteiger partial charge in [-0.1, -0.05) is 40.5 Å². The Hall–Kier alpha value is -2.93. The number of aliphatic hydroxyl groups is 1. The number of carbonyl (C=O) groups is 6. The van der Waals surface area contributed by atoms with Crippen molar-refractivity contribution < 1.29 is 38.6 Å². The topological polar surface area (TPSA) is 166 Å². The van der Waals surface area contributed by atoms with Crippen LogP contribution in [0.4, 0.5) is 0 Å². The van der Waals surface area contributed by atoms with Crippen molar-refractivity contribution in [2.75, 3.05) is 33.1 Å². The number of aliphatic hydroxyl groups excluding tert-OH is 1. The third kappa shape index (κ3) is 9.06. The predicted octanol–water partition coefficient (Wildman–Crippen LogP) is 0.650. The number of halogens is 1. The molecule has 2 unspecified atom stereocenters. The molecule has 2 fully saturated rings. The highest BCUT2D eigenvalue weighted by Crippen LogP contribution is 2.24. The molecule has 8 atom stereocenters. The van der Waals surface area contributed by atoms with Gasteiger partial charge in [0.25, 0.3) is 5.91 Å². The van der Waals surface area contributed by atoms with E-state index in [2.05, 4.69) is 10.6 Å². The summed E-state index contributed by atoms with van der Waals surface area (Å²) >= 11 is 5.77. The number of nitrogens with one attached hydrogen (secondary N) is 2. The number of alkyl halides is 1. The SMILES string of the molecule is CC[C@H](C)[C@@H]1NC(=O)[C@@H]2CCCN2C(=O)C(CC(O)CCl)OC(=O)CCNC(=O)[C@H](C)N(C)C(=O)[C@H]([C@@H](C)CC)N(C)C1=O. The summed E-state index contributed by atoms with van der Waals surface area (Å²) in [5, 5.41) is 15.7. The fourth-order valence-electron chi connectivity index (χ4n) is 5.53. The second-order valence-electron chi connectivity index (χ2n) is 12.0. The largest absolute Gasteiger partial charge is 0.452 e. The van der Waals surface area contributed by atoms with E-state index in [9.17, 15) is 33.9 Å². The van der Waals surface area contributed by atoms with Crippen LogP contribution in [0.25, 0.3) is 0 Å². The lowest BCUT2D eigenvalue weighted by molar-refractivity contribution is -0.163. The first-order valence-electron chi connectivity index (χ1n) is 15.5. The molecule has 0 radical (unpaired) electrons. The Kier molecular flexibility index (Phi) is 14.4. The van der Waals surface area contributed by atoms with Gasteiger partial charge in [0.1, 0.15) is 24.2 Å². The van der Waals surface area contributed by atoms with E-state index in [0.29, 0.717) is 25.7 Å². The maximum atomic E-state index is 14.0. The maximum absolute atomic E-state index is 14.0. The number of hydrogen-bond acceptors (Lipinski definition) is 8. The predicted molar refractivity (Wildman–Crippen MR) is 163 cm³/mol. The number of cyclic esters (lactones) is 1. The van der Waals surface area contributed by atoms with Gasteiger partial charge in [0.05, 0.1) is 12.5 Å². The molecule has 44 heavy (non-hydrogen) atoms. The van der Waals surface area contributed by atoms with E-state index in [1.807, 2.05) is 27.7 Å². The van der Waals surface area contributed by atoms with Crippen LogP contribution in [0, 0.1) is 11.8 Å². The molecule has 0 aromatic heterocycles. The molecule has 2 rings (SSSR count). The number of esters is 1. The van der Waals surface area contributed by atoms with Crippen LogP contribution in [0.3, 0.4) is 0 Å². The molecule has 0 aromatic carbocycles. The first kappa shape index (κ1) is 37.3.